The van der Waals surface area contributed by atoms with Crippen LogP contribution < -0.4 is 11.1 Å². The van der Waals surface area contributed by atoms with Crippen molar-refractivity contribution in [3.05, 3.63) is 46.2 Å². The second-order valence-corrected chi connectivity index (χ2v) is 5.64. The first-order chi connectivity index (χ1) is 9.58. The lowest BCUT2D eigenvalue weighted by Gasteiger charge is -2.09. The molecular weight excluding hydrogens is 292 g/mol. The average Bonchev–Trinajstić information content (AvgIpc) is 2.98. The van der Waals surface area contributed by atoms with Gasteiger partial charge in [0.25, 0.3) is 5.91 Å². The standard InChI is InChI=1S/C13H14N4OS2/c1-8(13-15-4-5-20-13)6-17-12(18)10-3-2-9(7-16-10)11(14)19/h2-5,7-8H,6H2,1H3,(H2,14,19)(H,17,18). The van der Waals surface area contributed by atoms with Crippen molar-refractivity contribution in [3.8, 4) is 0 Å². The van der Waals surface area contributed by atoms with Crippen molar-refractivity contribution in [2.45, 2.75) is 12.8 Å². The van der Waals surface area contributed by atoms with E-state index in [0.29, 0.717) is 17.8 Å². The molecule has 0 aliphatic rings. The monoisotopic (exact) mass is 306 g/mol. The maximum atomic E-state index is 11.9. The van der Waals surface area contributed by atoms with Crippen LogP contribution in [0.5, 0.6) is 0 Å². The largest absolute Gasteiger partial charge is 0.389 e. The van der Waals surface area contributed by atoms with Gasteiger partial charge in [0.2, 0.25) is 0 Å². The number of amides is 1. The summed E-state index contributed by atoms with van der Waals surface area (Å²) in [5, 5.41) is 5.76. The molecule has 0 saturated heterocycles. The van der Waals surface area contributed by atoms with Gasteiger partial charge in [-0.05, 0) is 12.1 Å². The topological polar surface area (TPSA) is 80.9 Å². The number of pyridine rings is 1. The molecule has 7 heteroatoms. The van der Waals surface area contributed by atoms with Gasteiger partial charge >= 0.3 is 0 Å². The lowest BCUT2D eigenvalue weighted by molar-refractivity contribution is 0.0946. The minimum absolute atomic E-state index is 0.176. The first kappa shape index (κ1) is 14.5. The molecule has 0 aliphatic carbocycles. The molecular formula is C13H14N4OS2. The van der Waals surface area contributed by atoms with Crippen molar-refractivity contribution in [2.24, 2.45) is 5.73 Å². The molecule has 104 valence electrons. The van der Waals surface area contributed by atoms with E-state index >= 15 is 0 Å². The smallest absolute Gasteiger partial charge is 0.269 e. The van der Waals surface area contributed by atoms with Crippen LogP contribution in [0.4, 0.5) is 0 Å². The molecule has 0 aromatic carbocycles. The highest BCUT2D eigenvalue weighted by Gasteiger charge is 2.12. The molecule has 3 N–H and O–H groups in total. The predicted molar refractivity (Wildman–Crippen MR) is 83.0 cm³/mol. The first-order valence-corrected chi connectivity index (χ1v) is 7.30. The van der Waals surface area contributed by atoms with Crippen LogP contribution in [-0.4, -0.2) is 27.4 Å². The van der Waals surface area contributed by atoms with E-state index in [0.717, 1.165) is 5.01 Å². The van der Waals surface area contributed by atoms with Gasteiger partial charge in [0.05, 0.1) is 5.01 Å². The van der Waals surface area contributed by atoms with Crippen LogP contribution in [-0.2, 0) is 0 Å². The molecule has 0 bridgehead atoms. The van der Waals surface area contributed by atoms with E-state index in [4.69, 9.17) is 18.0 Å². The summed E-state index contributed by atoms with van der Waals surface area (Å²) in [6.45, 7) is 2.54. The number of nitrogens with two attached hydrogens (primary N) is 1. The zero-order valence-corrected chi connectivity index (χ0v) is 12.5. The van der Waals surface area contributed by atoms with E-state index < -0.39 is 0 Å². The van der Waals surface area contributed by atoms with Gasteiger partial charge in [-0.2, -0.15) is 0 Å². The number of carbonyl (C=O) groups excluding carboxylic acids is 1. The van der Waals surface area contributed by atoms with E-state index in [2.05, 4.69) is 15.3 Å². The van der Waals surface area contributed by atoms with Gasteiger partial charge in [-0.3, -0.25) is 9.78 Å². The Bertz CT molecular complexity index is 595. The average molecular weight is 306 g/mol. The fourth-order valence-corrected chi connectivity index (χ4v) is 2.39. The second-order valence-electron chi connectivity index (χ2n) is 4.28. The molecule has 0 aliphatic heterocycles. The maximum absolute atomic E-state index is 11.9. The number of thiazole rings is 1. The molecule has 2 aromatic rings. The number of aromatic nitrogens is 2. The molecule has 2 rings (SSSR count). The summed E-state index contributed by atoms with van der Waals surface area (Å²) >= 11 is 6.41. The predicted octanol–water partition coefficient (Wildman–Crippen LogP) is 1.71. The van der Waals surface area contributed by atoms with Gasteiger partial charge in [-0.15, -0.1) is 11.3 Å². The van der Waals surface area contributed by atoms with Crippen LogP contribution in [0, 0.1) is 0 Å². The van der Waals surface area contributed by atoms with Crippen molar-refractivity contribution in [1.29, 1.82) is 0 Å². The molecule has 0 spiro atoms. The maximum Gasteiger partial charge on any atom is 0.269 e. The third-order valence-electron chi connectivity index (χ3n) is 2.72. The van der Waals surface area contributed by atoms with Gasteiger partial charge in [0.15, 0.2) is 0 Å². The third-order valence-corrected chi connectivity index (χ3v) is 3.97. The molecule has 0 radical (unpaired) electrons. The molecule has 1 atom stereocenters. The SMILES string of the molecule is CC(CNC(=O)c1ccc(C(N)=S)cn1)c1nccs1. The number of rotatable bonds is 5. The summed E-state index contributed by atoms with van der Waals surface area (Å²) < 4.78 is 0. The van der Waals surface area contributed by atoms with E-state index in [1.807, 2.05) is 12.3 Å². The highest BCUT2D eigenvalue weighted by atomic mass is 32.1. The lowest BCUT2D eigenvalue weighted by Crippen LogP contribution is -2.28. The van der Waals surface area contributed by atoms with E-state index in [9.17, 15) is 4.79 Å². The minimum atomic E-state index is -0.220. The van der Waals surface area contributed by atoms with Crippen molar-refractivity contribution < 1.29 is 4.79 Å². The van der Waals surface area contributed by atoms with Crippen LogP contribution >= 0.6 is 23.6 Å². The fraction of sp³-hybridized carbons (Fsp3) is 0.231. The van der Waals surface area contributed by atoms with Crippen molar-refractivity contribution >= 4 is 34.5 Å². The Morgan fingerprint density at radius 2 is 2.30 bits per heavy atom. The highest BCUT2D eigenvalue weighted by Crippen LogP contribution is 2.16. The Balaban J connectivity index is 1.93. The highest BCUT2D eigenvalue weighted by molar-refractivity contribution is 7.80. The van der Waals surface area contributed by atoms with Crippen molar-refractivity contribution in [2.75, 3.05) is 6.54 Å². The van der Waals surface area contributed by atoms with Gasteiger partial charge in [-0.1, -0.05) is 19.1 Å². The summed E-state index contributed by atoms with van der Waals surface area (Å²) in [6.07, 6.45) is 3.26. The molecule has 1 amide bonds. The van der Waals surface area contributed by atoms with Gasteiger partial charge in [0.1, 0.15) is 10.7 Å². The molecule has 0 fully saturated rings. The number of carbonyl (C=O) groups is 1. The number of thiocarbonyl (C=S) groups is 1. The molecule has 0 saturated carbocycles. The van der Waals surface area contributed by atoms with Gasteiger partial charge < -0.3 is 11.1 Å². The summed E-state index contributed by atoms with van der Waals surface area (Å²) in [5.41, 5.74) is 6.47. The Hall–Kier alpha value is -1.86. The Morgan fingerprint density at radius 3 is 2.85 bits per heavy atom. The number of nitrogens with one attached hydrogen (secondary N) is 1. The van der Waals surface area contributed by atoms with Gasteiger partial charge in [-0.25, -0.2) is 4.98 Å². The molecule has 2 heterocycles. The molecule has 20 heavy (non-hydrogen) atoms. The van der Waals surface area contributed by atoms with Crippen molar-refractivity contribution in [1.82, 2.24) is 15.3 Å². The molecule has 5 nitrogen and oxygen atoms in total. The third kappa shape index (κ3) is 3.58. The zero-order valence-electron chi connectivity index (χ0n) is 10.9. The van der Waals surface area contributed by atoms with Crippen LogP contribution in [0.1, 0.15) is 33.9 Å². The fourth-order valence-electron chi connectivity index (χ4n) is 1.58. The van der Waals surface area contributed by atoms with Crippen LogP contribution in [0.25, 0.3) is 0 Å². The summed E-state index contributed by atoms with van der Waals surface area (Å²) in [5.74, 6) is -0.0438. The Kier molecular flexibility index (Phi) is 4.75. The zero-order chi connectivity index (χ0) is 14.5. The van der Waals surface area contributed by atoms with Crippen molar-refractivity contribution in [3.63, 3.8) is 0 Å². The molecule has 2 aromatic heterocycles. The molecule has 1 unspecified atom stereocenters. The number of hydrogen-bond acceptors (Lipinski definition) is 5. The summed E-state index contributed by atoms with van der Waals surface area (Å²) in [7, 11) is 0. The lowest BCUT2D eigenvalue weighted by atomic mass is 10.2. The number of hydrogen-bond donors (Lipinski definition) is 2. The number of nitrogens with zero attached hydrogens (tertiary/aromatic N) is 2. The van der Waals surface area contributed by atoms with Crippen LogP contribution in [0.3, 0.4) is 0 Å². The Morgan fingerprint density at radius 1 is 1.50 bits per heavy atom. The summed E-state index contributed by atoms with van der Waals surface area (Å²) in [6, 6.07) is 3.30. The normalized spacial score (nSPS) is 11.8. The minimum Gasteiger partial charge on any atom is -0.389 e. The Labute approximate surface area is 126 Å². The summed E-state index contributed by atoms with van der Waals surface area (Å²) in [4.78, 5) is 20.5. The first-order valence-electron chi connectivity index (χ1n) is 6.01. The second kappa shape index (κ2) is 6.53. The van der Waals surface area contributed by atoms with Crippen LogP contribution in [0.15, 0.2) is 29.9 Å². The van der Waals surface area contributed by atoms with Gasteiger partial charge in [0, 0.05) is 35.8 Å². The quantitative estimate of drug-likeness (QED) is 0.822. The van der Waals surface area contributed by atoms with E-state index in [-0.39, 0.29) is 16.8 Å². The van der Waals surface area contributed by atoms with E-state index in [1.165, 1.54) is 6.20 Å². The van der Waals surface area contributed by atoms with Crippen LogP contribution in [0.2, 0.25) is 0 Å². The van der Waals surface area contributed by atoms with E-state index in [1.54, 1.807) is 29.7 Å².